The lowest BCUT2D eigenvalue weighted by atomic mass is 10.1. The van der Waals surface area contributed by atoms with Gasteiger partial charge in [0.25, 0.3) is 0 Å². The molecule has 1 aromatic rings. The molecule has 0 amide bonds. The number of ether oxygens (including phenoxy) is 1. The first kappa shape index (κ1) is 13.4. The molecule has 0 fully saturated rings. The van der Waals surface area contributed by atoms with Crippen LogP contribution < -0.4 is 5.32 Å². The van der Waals surface area contributed by atoms with E-state index in [-0.39, 0.29) is 0 Å². The molecule has 1 aromatic carbocycles. The topological polar surface area (TPSA) is 21.3 Å². The second-order valence-electron chi connectivity index (χ2n) is 3.53. The summed E-state index contributed by atoms with van der Waals surface area (Å²) in [6, 6.07) is 8.32. The Balaban J connectivity index is 2.52. The van der Waals surface area contributed by atoms with Crippen LogP contribution in [0.4, 0.5) is 0 Å². The molecule has 88 valence electrons. The molecular weight excluding hydrogens is 266 g/mol. The maximum absolute atomic E-state index is 5.43. The molecule has 3 heteroatoms. The minimum atomic E-state index is 0.684. The third kappa shape index (κ3) is 4.92. The lowest BCUT2D eigenvalue weighted by molar-refractivity contribution is 0.133. The molecule has 0 aromatic heterocycles. The van der Waals surface area contributed by atoms with Crippen LogP contribution in [0, 0.1) is 0 Å². The van der Waals surface area contributed by atoms with Crippen molar-refractivity contribution < 1.29 is 4.74 Å². The van der Waals surface area contributed by atoms with Crippen molar-refractivity contribution >= 4 is 15.9 Å². The predicted octanol–water partition coefficient (Wildman–Crippen LogP) is 3.22. The molecule has 2 nitrogen and oxygen atoms in total. The summed E-state index contributed by atoms with van der Waals surface area (Å²) in [7, 11) is 0. The Labute approximate surface area is 106 Å². The van der Waals surface area contributed by atoms with Gasteiger partial charge in [0.15, 0.2) is 0 Å². The van der Waals surface area contributed by atoms with E-state index in [1.807, 2.05) is 13.0 Å². The van der Waals surface area contributed by atoms with Crippen LogP contribution in [-0.4, -0.2) is 13.2 Å². The molecule has 0 unspecified atom stereocenters. The van der Waals surface area contributed by atoms with Gasteiger partial charge in [-0.2, -0.15) is 0 Å². The van der Waals surface area contributed by atoms with E-state index >= 15 is 0 Å². The van der Waals surface area contributed by atoms with Crippen LogP contribution in [0.2, 0.25) is 0 Å². The summed E-state index contributed by atoms with van der Waals surface area (Å²) < 4.78 is 6.40. The zero-order chi connectivity index (χ0) is 11.8. The Morgan fingerprint density at radius 3 is 2.69 bits per heavy atom. The van der Waals surface area contributed by atoms with Crippen molar-refractivity contribution in [3.05, 3.63) is 46.5 Å². The first-order chi connectivity index (χ1) is 7.74. The van der Waals surface area contributed by atoms with E-state index in [2.05, 4.69) is 46.0 Å². The highest BCUT2D eigenvalue weighted by molar-refractivity contribution is 9.11. The van der Waals surface area contributed by atoms with Gasteiger partial charge in [0.05, 0.1) is 6.61 Å². The van der Waals surface area contributed by atoms with Gasteiger partial charge in [-0.25, -0.2) is 0 Å². The van der Waals surface area contributed by atoms with Gasteiger partial charge in [-0.05, 0) is 18.1 Å². The SMILES string of the molecule is C=C(Br)CNCc1ccccc1COCC. The molecule has 0 aliphatic heterocycles. The van der Waals surface area contributed by atoms with Crippen molar-refractivity contribution in [1.82, 2.24) is 5.32 Å². The number of nitrogens with one attached hydrogen (secondary N) is 1. The summed E-state index contributed by atoms with van der Waals surface area (Å²) in [6.07, 6.45) is 0. The molecule has 16 heavy (non-hydrogen) atoms. The Morgan fingerprint density at radius 1 is 1.38 bits per heavy atom. The molecule has 0 heterocycles. The van der Waals surface area contributed by atoms with Crippen LogP contribution in [0.5, 0.6) is 0 Å². The Morgan fingerprint density at radius 2 is 2.06 bits per heavy atom. The maximum Gasteiger partial charge on any atom is 0.0719 e. The monoisotopic (exact) mass is 283 g/mol. The Bertz CT molecular complexity index is 338. The highest BCUT2D eigenvalue weighted by atomic mass is 79.9. The zero-order valence-electron chi connectivity index (χ0n) is 9.63. The lowest BCUT2D eigenvalue weighted by Crippen LogP contribution is -2.15. The number of hydrogen-bond donors (Lipinski definition) is 1. The molecule has 1 N–H and O–H groups in total. The van der Waals surface area contributed by atoms with Crippen molar-refractivity contribution in [3.63, 3.8) is 0 Å². The molecule has 0 aliphatic rings. The second kappa shape index (κ2) is 7.60. The van der Waals surface area contributed by atoms with Gasteiger partial charge in [0.2, 0.25) is 0 Å². The fourth-order valence-corrected chi connectivity index (χ4v) is 1.61. The fourth-order valence-electron chi connectivity index (χ4n) is 1.42. The molecule has 0 radical (unpaired) electrons. The van der Waals surface area contributed by atoms with Gasteiger partial charge in [-0.1, -0.05) is 46.8 Å². The average Bonchev–Trinajstić information content (AvgIpc) is 2.27. The van der Waals surface area contributed by atoms with E-state index < -0.39 is 0 Å². The quantitative estimate of drug-likeness (QED) is 0.830. The molecule has 0 bridgehead atoms. The summed E-state index contributed by atoms with van der Waals surface area (Å²) in [5.41, 5.74) is 2.53. The van der Waals surface area contributed by atoms with Gasteiger partial charge >= 0.3 is 0 Å². The van der Waals surface area contributed by atoms with Crippen LogP contribution in [0.1, 0.15) is 18.1 Å². The standard InChI is InChI=1S/C13H18BrNO/c1-3-16-10-13-7-5-4-6-12(13)9-15-8-11(2)14/h4-7,15H,2-3,8-10H2,1H3. The summed E-state index contributed by atoms with van der Waals surface area (Å²) in [5.74, 6) is 0. The number of halogens is 1. The van der Waals surface area contributed by atoms with Crippen LogP contribution in [0.25, 0.3) is 0 Å². The summed E-state index contributed by atoms with van der Waals surface area (Å²) >= 11 is 3.33. The normalized spacial score (nSPS) is 10.4. The summed E-state index contributed by atoms with van der Waals surface area (Å²) in [6.45, 7) is 8.85. The molecular formula is C13H18BrNO. The minimum Gasteiger partial charge on any atom is -0.377 e. The van der Waals surface area contributed by atoms with E-state index in [4.69, 9.17) is 4.74 Å². The Hall–Kier alpha value is -0.640. The highest BCUT2D eigenvalue weighted by Crippen LogP contribution is 2.10. The van der Waals surface area contributed by atoms with Crippen molar-refractivity contribution in [1.29, 1.82) is 0 Å². The molecule has 0 spiro atoms. The van der Waals surface area contributed by atoms with Crippen LogP contribution in [-0.2, 0) is 17.9 Å². The van der Waals surface area contributed by atoms with Crippen molar-refractivity contribution in [2.24, 2.45) is 0 Å². The Kier molecular flexibility index (Phi) is 6.38. The zero-order valence-corrected chi connectivity index (χ0v) is 11.2. The maximum atomic E-state index is 5.43. The molecule has 1 rings (SSSR count). The van der Waals surface area contributed by atoms with E-state index in [1.54, 1.807) is 0 Å². The fraction of sp³-hybridized carbons (Fsp3) is 0.385. The van der Waals surface area contributed by atoms with Gasteiger partial charge in [0, 0.05) is 24.2 Å². The van der Waals surface area contributed by atoms with Crippen molar-refractivity contribution in [3.8, 4) is 0 Å². The third-order valence-electron chi connectivity index (χ3n) is 2.21. The van der Waals surface area contributed by atoms with E-state index in [0.29, 0.717) is 6.61 Å². The van der Waals surface area contributed by atoms with Crippen LogP contribution in [0.3, 0.4) is 0 Å². The number of rotatable bonds is 7. The first-order valence-corrected chi connectivity index (χ1v) is 6.22. The van der Waals surface area contributed by atoms with Crippen LogP contribution in [0.15, 0.2) is 35.3 Å². The van der Waals surface area contributed by atoms with Gasteiger partial charge < -0.3 is 10.1 Å². The average molecular weight is 284 g/mol. The lowest BCUT2D eigenvalue weighted by Gasteiger charge is -2.10. The van der Waals surface area contributed by atoms with E-state index in [0.717, 1.165) is 24.2 Å². The molecule has 0 aliphatic carbocycles. The third-order valence-corrected chi connectivity index (χ3v) is 2.49. The van der Waals surface area contributed by atoms with Crippen LogP contribution >= 0.6 is 15.9 Å². The van der Waals surface area contributed by atoms with Crippen molar-refractivity contribution in [2.45, 2.75) is 20.1 Å². The first-order valence-electron chi connectivity index (χ1n) is 5.42. The number of hydrogen-bond acceptors (Lipinski definition) is 2. The van der Waals surface area contributed by atoms with E-state index in [1.165, 1.54) is 11.1 Å². The molecule has 0 saturated carbocycles. The molecule has 0 atom stereocenters. The number of benzene rings is 1. The second-order valence-corrected chi connectivity index (χ2v) is 4.65. The van der Waals surface area contributed by atoms with Gasteiger partial charge in [-0.3, -0.25) is 0 Å². The smallest absolute Gasteiger partial charge is 0.0719 e. The minimum absolute atomic E-state index is 0.684. The van der Waals surface area contributed by atoms with Gasteiger partial charge in [0.1, 0.15) is 0 Å². The van der Waals surface area contributed by atoms with Gasteiger partial charge in [-0.15, -0.1) is 0 Å². The highest BCUT2D eigenvalue weighted by Gasteiger charge is 2.01. The summed E-state index contributed by atoms with van der Waals surface area (Å²) in [5, 5.41) is 3.32. The predicted molar refractivity (Wildman–Crippen MR) is 71.5 cm³/mol. The summed E-state index contributed by atoms with van der Waals surface area (Å²) in [4.78, 5) is 0. The molecule has 0 saturated heterocycles. The largest absolute Gasteiger partial charge is 0.377 e. The van der Waals surface area contributed by atoms with E-state index in [9.17, 15) is 0 Å². The van der Waals surface area contributed by atoms with Crippen molar-refractivity contribution in [2.75, 3.05) is 13.2 Å².